The number of rotatable bonds is 1. The second-order valence-corrected chi connectivity index (χ2v) is 6.41. The molecule has 1 saturated heterocycles. The van der Waals surface area contributed by atoms with Gasteiger partial charge in [-0.1, -0.05) is 20.8 Å². The number of hydrogen-bond acceptors (Lipinski definition) is 2. The molecule has 2 heteroatoms. The largest absolute Gasteiger partial charge is 0.388 e. The van der Waals surface area contributed by atoms with Gasteiger partial charge in [0.1, 0.15) is 0 Å². The van der Waals surface area contributed by atoms with Gasteiger partial charge in [0.05, 0.1) is 5.60 Å². The third kappa shape index (κ3) is 2.28. The summed E-state index contributed by atoms with van der Waals surface area (Å²) in [5.41, 5.74) is -0.443. The molecule has 0 radical (unpaired) electrons. The first-order chi connectivity index (χ1) is 7.52. The average Bonchev–Trinajstić information content (AvgIpc) is 2.24. The van der Waals surface area contributed by atoms with Crippen molar-refractivity contribution in [2.24, 2.45) is 17.8 Å². The van der Waals surface area contributed by atoms with Crippen LogP contribution in [0, 0.1) is 17.8 Å². The molecule has 2 fully saturated rings. The van der Waals surface area contributed by atoms with E-state index in [2.05, 4.69) is 26.1 Å². The smallest absolute Gasteiger partial charge is 0.0825 e. The van der Waals surface area contributed by atoms with E-state index in [1.54, 1.807) is 0 Å². The van der Waals surface area contributed by atoms with Crippen LogP contribution in [-0.4, -0.2) is 23.3 Å². The maximum Gasteiger partial charge on any atom is 0.0825 e. The Morgan fingerprint density at radius 2 is 1.75 bits per heavy atom. The minimum atomic E-state index is -0.443. The second-order valence-electron chi connectivity index (χ2n) is 6.41. The van der Waals surface area contributed by atoms with E-state index in [4.69, 9.17) is 0 Å². The van der Waals surface area contributed by atoms with E-state index in [1.807, 2.05) is 0 Å². The summed E-state index contributed by atoms with van der Waals surface area (Å²) in [7, 11) is 0. The first-order valence-corrected chi connectivity index (χ1v) is 6.98. The zero-order valence-electron chi connectivity index (χ0n) is 11.0. The minimum Gasteiger partial charge on any atom is -0.388 e. The Bertz CT molecular complexity index is 243. The van der Waals surface area contributed by atoms with Gasteiger partial charge in [0.25, 0.3) is 0 Å². The molecule has 2 aliphatic rings. The van der Waals surface area contributed by atoms with E-state index in [0.717, 1.165) is 31.2 Å². The molecule has 1 aliphatic carbocycles. The van der Waals surface area contributed by atoms with E-state index < -0.39 is 5.60 Å². The van der Waals surface area contributed by atoms with Gasteiger partial charge < -0.3 is 10.4 Å². The number of piperidine rings is 1. The SMILES string of the molecule is CC1CCC(O)(C2CC(C)CCN2)C(C)C1. The first kappa shape index (κ1) is 12.4. The van der Waals surface area contributed by atoms with Crippen molar-refractivity contribution in [1.82, 2.24) is 5.32 Å². The molecular formula is C14H27NO. The van der Waals surface area contributed by atoms with Crippen molar-refractivity contribution in [1.29, 1.82) is 0 Å². The van der Waals surface area contributed by atoms with Crippen LogP contribution in [0.5, 0.6) is 0 Å². The summed E-state index contributed by atoms with van der Waals surface area (Å²) in [5, 5.41) is 14.5. The van der Waals surface area contributed by atoms with Gasteiger partial charge in [-0.2, -0.15) is 0 Å². The van der Waals surface area contributed by atoms with Crippen molar-refractivity contribution in [3.8, 4) is 0 Å². The standard InChI is InChI=1S/C14H27NO/c1-10-4-6-14(16,12(3)8-10)13-9-11(2)5-7-15-13/h10-13,15-16H,4-9H2,1-3H3. The van der Waals surface area contributed by atoms with E-state index in [1.165, 1.54) is 19.3 Å². The van der Waals surface area contributed by atoms with Crippen LogP contribution in [0.25, 0.3) is 0 Å². The average molecular weight is 225 g/mol. The van der Waals surface area contributed by atoms with Gasteiger partial charge in [0.15, 0.2) is 0 Å². The van der Waals surface area contributed by atoms with Gasteiger partial charge in [-0.15, -0.1) is 0 Å². The fraction of sp³-hybridized carbons (Fsp3) is 1.00. The van der Waals surface area contributed by atoms with Gasteiger partial charge in [-0.05, 0) is 56.4 Å². The summed E-state index contributed by atoms with van der Waals surface area (Å²) in [6.07, 6.45) is 5.77. The summed E-state index contributed by atoms with van der Waals surface area (Å²) in [6, 6.07) is 0.332. The Kier molecular flexibility index (Phi) is 3.60. The third-order valence-corrected chi connectivity index (χ3v) is 4.92. The van der Waals surface area contributed by atoms with E-state index in [0.29, 0.717) is 12.0 Å². The van der Waals surface area contributed by atoms with Crippen molar-refractivity contribution in [2.75, 3.05) is 6.54 Å². The molecule has 1 heterocycles. The number of hydrogen-bond donors (Lipinski definition) is 2. The number of nitrogens with one attached hydrogen (secondary N) is 1. The lowest BCUT2D eigenvalue weighted by molar-refractivity contribution is -0.0901. The minimum absolute atomic E-state index is 0.332. The van der Waals surface area contributed by atoms with Crippen molar-refractivity contribution in [3.63, 3.8) is 0 Å². The highest BCUT2D eigenvalue weighted by Crippen LogP contribution is 2.41. The molecule has 2 N–H and O–H groups in total. The van der Waals surface area contributed by atoms with Crippen LogP contribution in [0.1, 0.15) is 52.9 Å². The van der Waals surface area contributed by atoms with E-state index in [9.17, 15) is 5.11 Å². The lowest BCUT2D eigenvalue weighted by Gasteiger charge is -2.48. The van der Waals surface area contributed by atoms with E-state index in [-0.39, 0.29) is 0 Å². The molecule has 2 nitrogen and oxygen atoms in total. The molecule has 1 aliphatic heterocycles. The quantitative estimate of drug-likeness (QED) is 0.719. The lowest BCUT2D eigenvalue weighted by Crippen LogP contribution is -2.59. The summed E-state index contributed by atoms with van der Waals surface area (Å²) in [4.78, 5) is 0. The molecule has 1 saturated carbocycles. The van der Waals surface area contributed by atoms with Gasteiger partial charge in [0, 0.05) is 6.04 Å². The van der Waals surface area contributed by atoms with Gasteiger partial charge in [-0.3, -0.25) is 0 Å². The summed E-state index contributed by atoms with van der Waals surface area (Å²) >= 11 is 0. The molecule has 0 bridgehead atoms. The molecule has 0 aromatic carbocycles. The Hall–Kier alpha value is -0.0800. The monoisotopic (exact) mass is 225 g/mol. The van der Waals surface area contributed by atoms with Crippen LogP contribution in [0.15, 0.2) is 0 Å². The summed E-state index contributed by atoms with van der Waals surface area (Å²) < 4.78 is 0. The predicted octanol–water partition coefficient (Wildman–Crippen LogP) is 2.56. The molecule has 0 aromatic heterocycles. The van der Waals surface area contributed by atoms with Crippen molar-refractivity contribution in [2.45, 2.75) is 64.5 Å². The highest BCUT2D eigenvalue weighted by molar-refractivity contribution is 5.00. The Labute approximate surface area is 99.8 Å². The fourth-order valence-electron chi connectivity index (χ4n) is 3.66. The van der Waals surface area contributed by atoms with Crippen molar-refractivity contribution in [3.05, 3.63) is 0 Å². The molecule has 0 aromatic rings. The van der Waals surface area contributed by atoms with Crippen LogP contribution in [0.3, 0.4) is 0 Å². The van der Waals surface area contributed by atoms with Crippen molar-refractivity contribution < 1.29 is 5.11 Å². The molecule has 5 unspecified atom stereocenters. The highest BCUT2D eigenvalue weighted by atomic mass is 16.3. The van der Waals surface area contributed by atoms with Crippen molar-refractivity contribution >= 4 is 0 Å². The lowest BCUT2D eigenvalue weighted by atomic mass is 9.66. The Morgan fingerprint density at radius 3 is 2.38 bits per heavy atom. The zero-order chi connectivity index (χ0) is 11.8. The van der Waals surface area contributed by atoms with E-state index >= 15 is 0 Å². The highest BCUT2D eigenvalue weighted by Gasteiger charge is 2.45. The zero-order valence-corrected chi connectivity index (χ0v) is 11.0. The topological polar surface area (TPSA) is 32.3 Å². The molecule has 5 atom stereocenters. The molecule has 0 spiro atoms. The molecule has 0 amide bonds. The molecule has 94 valence electrons. The second kappa shape index (κ2) is 4.66. The van der Waals surface area contributed by atoms with Gasteiger partial charge in [-0.25, -0.2) is 0 Å². The van der Waals surface area contributed by atoms with Crippen LogP contribution in [-0.2, 0) is 0 Å². The predicted molar refractivity (Wildman–Crippen MR) is 67.3 cm³/mol. The van der Waals surface area contributed by atoms with Crippen LogP contribution < -0.4 is 5.32 Å². The van der Waals surface area contributed by atoms with Crippen LogP contribution in [0.4, 0.5) is 0 Å². The van der Waals surface area contributed by atoms with Crippen LogP contribution >= 0.6 is 0 Å². The third-order valence-electron chi connectivity index (χ3n) is 4.92. The van der Waals surface area contributed by atoms with Gasteiger partial charge >= 0.3 is 0 Å². The maximum atomic E-state index is 10.9. The summed E-state index contributed by atoms with van der Waals surface area (Å²) in [5.74, 6) is 2.00. The normalized spacial score (nSPS) is 50.2. The molecule has 16 heavy (non-hydrogen) atoms. The number of aliphatic hydroxyl groups is 1. The Balaban J connectivity index is 2.05. The maximum absolute atomic E-state index is 10.9. The van der Waals surface area contributed by atoms with Crippen LogP contribution in [0.2, 0.25) is 0 Å². The first-order valence-electron chi connectivity index (χ1n) is 6.98. The van der Waals surface area contributed by atoms with Gasteiger partial charge in [0.2, 0.25) is 0 Å². The fourth-order valence-corrected chi connectivity index (χ4v) is 3.66. The molecular weight excluding hydrogens is 198 g/mol. The summed E-state index contributed by atoms with van der Waals surface area (Å²) in [6.45, 7) is 7.94. The molecule has 2 rings (SSSR count). The Morgan fingerprint density at radius 1 is 1.06 bits per heavy atom.